The Hall–Kier alpha value is -1.82. The van der Waals surface area contributed by atoms with Crippen molar-refractivity contribution in [1.29, 1.82) is 0 Å². The van der Waals surface area contributed by atoms with Crippen molar-refractivity contribution in [2.75, 3.05) is 31.6 Å². The average molecular weight is 282 g/mol. The van der Waals surface area contributed by atoms with Gasteiger partial charge in [0.05, 0.1) is 25.0 Å². The molecule has 2 amide bonds. The van der Waals surface area contributed by atoms with E-state index in [1.54, 1.807) is 11.0 Å². The van der Waals surface area contributed by atoms with Crippen LogP contribution in [0.4, 0.5) is 14.9 Å². The summed E-state index contributed by atoms with van der Waals surface area (Å²) >= 11 is 0. The first-order valence-electron chi connectivity index (χ1n) is 6.66. The number of rotatable bonds is 3. The van der Waals surface area contributed by atoms with Crippen molar-refractivity contribution in [3.05, 3.63) is 24.0 Å². The molecule has 1 aromatic carbocycles. The van der Waals surface area contributed by atoms with Crippen molar-refractivity contribution in [2.45, 2.75) is 20.0 Å². The molecule has 1 aliphatic heterocycles. The van der Waals surface area contributed by atoms with Crippen LogP contribution in [0.5, 0.6) is 5.75 Å². The smallest absolute Gasteiger partial charge is 0.322 e. The molecule has 0 aromatic heterocycles. The quantitative estimate of drug-likeness (QED) is 0.926. The van der Waals surface area contributed by atoms with E-state index in [1.165, 1.54) is 12.1 Å². The summed E-state index contributed by atoms with van der Waals surface area (Å²) in [5.74, 6) is -0.0633. The maximum Gasteiger partial charge on any atom is 0.322 e. The highest BCUT2D eigenvalue weighted by Gasteiger charge is 2.18. The highest BCUT2D eigenvalue weighted by Crippen LogP contribution is 2.22. The molecule has 0 radical (unpaired) electrons. The van der Waals surface area contributed by atoms with Crippen LogP contribution >= 0.6 is 0 Å². The largest absolute Gasteiger partial charge is 0.491 e. The minimum absolute atomic E-state index is 0.0248. The summed E-state index contributed by atoms with van der Waals surface area (Å²) in [4.78, 5) is 13.5. The van der Waals surface area contributed by atoms with E-state index in [0.29, 0.717) is 32.1 Å². The van der Waals surface area contributed by atoms with E-state index in [4.69, 9.17) is 9.47 Å². The molecule has 0 aliphatic carbocycles. The third kappa shape index (κ3) is 3.84. The van der Waals surface area contributed by atoms with Gasteiger partial charge in [-0.1, -0.05) is 0 Å². The molecular formula is C14H19FN2O3. The number of benzene rings is 1. The number of carbonyl (C=O) groups is 1. The van der Waals surface area contributed by atoms with Gasteiger partial charge >= 0.3 is 6.03 Å². The zero-order valence-corrected chi connectivity index (χ0v) is 11.7. The lowest BCUT2D eigenvalue weighted by Crippen LogP contribution is -2.43. The molecule has 0 spiro atoms. The van der Waals surface area contributed by atoms with E-state index in [-0.39, 0.29) is 17.8 Å². The van der Waals surface area contributed by atoms with Crippen molar-refractivity contribution < 1.29 is 18.7 Å². The number of amides is 2. The summed E-state index contributed by atoms with van der Waals surface area (Å²) in [5.41, 5.74) is 0.151. The van der Waals surface area contributed by atoms with Crippen LogP contribution in [0.2, 0.25) is 0 Å². The van der Waals surface area contributed by atoms with Crippen molar-refractivity contribution in [3.63, 3.8) is 0 Å². The van der Waals surface area contributed by atoms with Gasteiger partial charge in [-0.05, 0) is 26.0 Å². The van der Waals surface area contributed by atoms with Gasteiger partial charge in [0.25, 0.3) is 0 Å². The second-order valence-corrected chi connectivity index (χ2v) is 4.84. The molecular weight excluding hydrogens is 263 g/mol. The van der Waals surface area contributed by atoms with Crippen molar-refractivity contribution in [3.8, 4) is 5.75 Å². The normalized spacial score (nSPS) is 15.3. The summed E-state index contributed by atoms with van der Waals surface area (Å²) in [7, 11) is 0. The lowest BCUT2D eigenvalue weighted by atomic mass is 10.3. The Bertz CT molecular complexity index is 473. The zero-order chi connectivity index (χ0) is 14.5. The van der Waals surface area contributed by atoms with E-state index in [1.807, 2.05) is 13.8 Å². The summed E-state index contributed by atoms with van der Waals surface area (Å²) < 4.78 is 24.4. The van der Waals surface area contributed by atoms with E-state index >= 15 is 0 Å². The Morgan fingerprint density at radius 1 is 1.40 bits per heavy atom. The first-order chi connectivity index (χ1) is 9.56. The van der Waals surface area contributed by atoms with Crippen molar-refractivity contribution in [1.82, 2.24) is 4.90 Å². The Morgan fingerprint density at radius 2 is 2.10 bits per heavy atom. The predicted octanol–water partition coefficient (Wildman–Crippen LogP) is 2.48. The molecule has 1 heterocycles. The van der Waals surface area contributed by atoms with Gasteiger partial charge in [-0.25, -0.2) is 9.18 Å². The Kier molecular flexibility index (Phi) is 4.79. The molecule has 6 heteroatoms. The SMILES string of the molecule is CC(C)Oc1ccc(NC(=O)N2CCOCC2)c(F)c1. The molecule has 1 saturated heterocycles. The van der Waals surface area contributed by atoms with Gasteiger partial charge in [-0.15, -0.1) is 0 Å². The molecule has 20 heavy (non-hydrogen) atoms. The highest BCUT2D eigenvalue weighted by molar-refractivity contribution is 5.89. The van der Waals surface area contributed by atoms with Gasteiger partial charge < -0.3 is 19.7 Å². The molecule has 0 bridgehead atoms. The maximum atomic E-state index is 13.9. The highest BCUT2D eigenvalue weighted by atomic mass is 19.1. The summed E-state index contributed by atoms with van der Waals surface area (Å²) in [5, 5.41) is 2.56. The number of ether oxygens (including phenoxy) is 2. The van der Waals surface area contributed by atoms with Gasteiger partial charge in [0, 0.05) is 19.2 Å². The van der Waals surface area contributed by atoms with Gasteiger partial charge in [0.15, 0.2) is 0 Å². The monoisotopic (exact) mass is 282 g/mol. The van der Waals surface area contributed by atoms with Crippen LogP contribution in [0.3, 0.4) is 0 Å². The molecule has 1 aliphatic rings. The lowest BCUT2D eigenvalue weighted by Gasteiger charge is -2.27. The third-order valence-electron chi connectivity index (χ3n) is 2.85. The predicted molar refractivity (Wildman–Crippen MR) is 73.6 cm³/mol. The second kappa shape index (κ2) is 6.56. The van der Waals surface area contributed by atoms with Gasteiger partial charge in [0.1, 0.15) is 11.6 Å². The topological polar surface area (TPSA) is 50.8 Å². The van der Waals surface area contributed by atoms with Gasteiger partial charge in [0.2, 0.25) is 0 Å². The number of urea groups is 1. The standard InChI is InChI=1S/C14H19FN2O3/c1-10(2)20-11-3-4-13(12(15)9-11)16-14(18)17-5-7-19-8-6-17/h3-4,9-10H,5-8H2,1-2H3,(H,16,18). The fraction of sp³-hybridized carbons (Fsp3) is 0.500. The molecule has 1 N–H and O–H groups in total. The van der Waals surface area contributed by atoms with Gasteiger partial charge in [-0.2, -0.15) is 0 Å². The molecule has 1 fully saturated rings. The molecule has 1 aromatic rings. The number of hydrogen-bond donors (Lipinski definition) is 1. The van der Waals surface area contributed by atoms with E-state index in [0.717, 1.165) is 0 Å². The number of anilines is 1. The van der Waals surface area contributed by atoms with Crippen LogP contribution in [0, 0.1) is 5.82 Å². The fourth-order valence-electron chi connectivity index (χ4n) is 1.90. The minimum Gasteiger partial charge on any atom is -0.491 e. The number of carbonyl (C=O) groups excluding carboxylic acids is 1. The van der Waals surface area contributed by atoms with E-state index in [2.05, 4.69) is 5.32 Å². The molecule has 0 saturated carbocycles. The number of halogens is 1. The second-order valence-electron chi connectivity index (χ2n) is 4.84. The lowest BCUT2D eigenvalue weighted by molar-refractivity contribution is 0.0564. The first kappa shape index (κ1) is 14.6. The maximum absolute atomic E-state index is 13.9. The molecule has 110 valence electrons. The summed E-state index contributed by atoms with van der Waals surface area (Å²) in [6.45, 7) is 5.79. The number of hydrogen-bond acceptors (Lipinski definition) is 3. The van der Waals surface area contributed by atoms with Crippen LogP contribution in [-0.2, 0) is 4.74 Å². The van der Waals surface area contributed by atoms with Gasteiger partial charge in [-0.3, -0.25) is 0 Å². The Labute approximate surface area is 117 Å². The number of nitrogens with zero attached hydrogens (tertiary/aromatic N) is 1. The minimum atomic E-state index is -0.509. The third-order valence-corrected chi connectivity index (χ3v) is 2.85. The van der Waals surface area contributed by atoms with Crippen molar-refractivity contribution >= 4 is 11.7 Å². The first-order valence-corrected chi connectivity index (χ1v) is 6.66. The molecule has 5 nitrogen and oxygen atoms in total. The number of morpholine rings is 1. The summed E-state index contributed by atoms with van der Waals surface area (Å²) in [6, 6.07) is 4.10. The van der Waals surface area contributed by atoms with Crippen molar-refractivity contribution in [2.24, 2.45) is 0 Å². The van der Waals surface area contributed by atoms with E-state index < -0.39 is 5.82 Å². The summed E-state index contributed by atoms with van der Waals surface area (Å²) in [6.07, 6.45) is -0.0248. The zero-order valence-electron chi connectivity index (χ0n) is 11.7. The Morgan fingerprint density at radius 3 is 2.70 bits per heavy atom. The Balaban J connectivity index is 2.00. The van der Waals surface area contributed by atoms with E-state index in [9.17, 15) is 9.18 Å². The van der Waals surface area contributed by atoms with Crippen LogP contribution in [-0.4, -0.2) is 43.3 Å². The number of nitrogens with one attached hydrogen (secondary N) is 1. The molecule has 0 atom stereocenters. The fourth-order valence-corrected chi connectivity index (χ4v) is 1.90. The molecule has 0 unspecified atom stereocenters. The van der Waals surface area contributed by atoms with Crippen LogP contribution in [0.15, 0.2) is 18.2 Å². The van der Waals surface area contributed by atoms with Crippen LogP contribution < -0.4 is 10.1 Å². The van der Waals surface area contributed by atoms with Crippen LogP contribution in [0.25, 0.3) is 0 Å². The molecule has 2 rings (SSSR count). The average Bonchev–Trinajstić information content (AvgIpc) is 2.42. The van der Waals surface area contributed by atoms with Crippen LogP contribution in [0.1, 0.15) is 13.8 Å².